The fourth-order valence-electron chi connectivity index (χ4n) is 1.24. The fraction of sp³-hybridized carbons (Fsp3) is 0.200. The molecular formula is C10H9BrN4OS. The van der Waals surface area contributed by atoms with Gasteiger partial charge < -0.3 is 0 Å². The van der Waals surface area contributed by atoms with E-state index in [1.807, 2.05) is 18.2 Å². The highest BCUT2D eigenvalue weighted by atomic mass is 79.9. The number of aryl methyl sites for hydroxylation is 1. The van der Waals surface area contributed by atoms with E-state index in [1.54, 1.807) is 13.1 Å². The Kier molecular flexibility index (Phi) is 3.90. The molecule has 5 nitrogen and oxygen atoms in total. The Morgan fingerprint density at radius 2 is 2.24 bits per heavy atom. The van der Waals surface area contributed by atoms with Crippen molar-refractivity contribution >= 4 is 33.5 Å². The molecule has 0 N–H and O–H groups in total. The predicted octanol–water partition coefficient (Wildman–Crippen LogP) is 1.95. The number of nitrogens with zero attached hydrogens (tertiary/aromatic N) is 4. The molecule has 0 spiro atoms. The lowest BCUT2D eigenvalue weighted by Gasteiger charge is -2.02. The number of tetrazole rings is 1. The largest absolute Gasteiger partial charge is 0.293 e. The van der Waals surface area contributed by atoms with Gasteiger partial charge in [0.25, 0.3) is 0 Å². The molecule has 1 aromatic heterocycles. The lowest BCUT2D eigenvalue weighted by atomic mass is 10.1. The molecule has 0 unspecified atom stereocenters. The van der Waals surface area contributed by atoms with Gasteiger partial charge in [-0.2, -0.15) is 0 Å². The van der Waals surface area contributed by atoms with Crippen molar-refractivity contribution < 1.29 is 4.79 Å². The van der Waals surface area contributed by atoms with Gasteiger partial charge in [0.05, 0.1) is 5.75 Å². The molecule has 1 aromatic carbocycles. The van der Waals surface area contributed by atoms with Gasteiger partial charge in [-0.1, -0.05) is 45.9 Å². The summed E-state index contributed by atoms with van der Waals surface area (Å²) >= 11 is 4.68. The molecular weight excluding hydrogens is 304 g/mol. The van der Waals surface area contributed by atoms with Crippen molar-refractivity contribution in [2.24, 2.45) is 7.05 Å². The van der Waals surface area contributed by atoms with Crippen molar-refractivity contribution in [3.8, 4) is 0 Å². The number of carbonyl (C=O) groups is 1. The minimum absolute atomic E-state index is 0.0467. The number of hydrogen-bond donors (Lipinski definition) is 0. The summed E-state index contributed by atoms with van der Waals surface area (Å²) < 4.78 is 2.35. The van der Waals surface area contributed by atoms with Gasteiger partial charge >= 0.3 is 0 Å². The second-order valence-electron chi connectivity index (χ2n) is 3.28. The van der Waals surface area contributed by atoms with E-state index in [0.717, 1.165) is 4.47 Å². The van der Waals surface area contributed by atoms with E-state index < -0.39 is 0 Å². The number of Topliss-reactive ketones (excluding diaryl/α,β-unsaturated/α-hetero) is 1. The van der Waals surface area contributed by atoms with Crippen LogP contribution in [0.4, 0.5) is 0 Å². The van der Waals surface area contributed by atoms with E-state index in [2.05, 4.69) is 31.5 Å². The van der Waals surface area contributed by atoms with Crippen LogP contribution in [0.25, 0.3) is 0 Å². The number of halogens is 1. The van der Waals surface area contributed by atoms with Gasteiger partial charge in [0, 0.05) is 17.1 Å². The highest BCUT2D eigenvalue weighted by Crippen LogP contribution is 2.20. The molecule has 0 aliphatic rings. The third kappa shape index (κ3) is 2.92. The lowest BCUT2D eigenvalue weighted by Crippen LogP contribution is -2.04. The zero-order valence-electron chi connectivity index (χ0n) is 9.00. The zero-order chi connectivity index (χ0) is 12.3. The molecule has 0 saturated heterocycles. The minimum atomic E-state index is 0.0467. The van der Waals surface area contributed by atoms with Crippen molar-refractivity contribution in [1.82, 2.24) is 20.2 Å². The first-order valence-electron chi connectivity index (χ1n) is 4.81. The van der Waals surface area contributed by atoms with E-state index in [1.165, 1.54) is 16.4 Å². The van der Waals surface area contributed by atoms with Crippen LogP contribution in [0.2, 0.25) is 0 Å². The number of rotatable bonds is 4. The number of ketones is 1. The van der Waals surface area contributed by atoms with E-state index >= 15 is 0 Å². The molecule has 0 atom stereocenters. The van der Waals surface area contributed by atoms with E-state index in [0.29, 0.717) is 16.5 Å². The van der Waals surface area contributed by atoms with Crippen LogP contribution in [0.3, 0.4) is 0 Å². The third-order valence-corrected chi connectivity index (χ3v) is 3.79. The molecule has 0 bridgehead atoms. The monoisotopic (exact) mass is 312 g/mol. The smallest absolute Gasteiger partial charge is 0.209 e. The Morgan fingerprint density at radius 3 is 2.88 bits per heavy atom. The summed E-state index contributed by atoms with van der Waals surface area (Å²) in [5.41, 5.74) is 0.676. The van der Waals surface area contributed by atoms with Crippen LogP contribution in [0.5, 0.6) is 0 Å². The number of carbonyl (C=O) groups excluding carboxylic acids is 1. The van der Waals surface area contributed by atoms with Crippen LogP contribution < -0.4 is 0 Å². The van der Waals surface area contributed by atoms with Gasteiger partial charge in [-0.05, 0) is 16.5 Å². The number of thioether (sulfide) groups is 1. The van der Waals surface area contributed by atoms with E-state index in [4.69, 9.17) is 0 Å². The van der Waals surface area contributed by atoms with Gasteiger partial charge in [-0.15, -0.1) is 5.10 Å². The van der Waals surface area contributed by atoms with Crippen LogP contribution in [-0.4, -0.2) is 31.7 Å². The summed E-state index contributed by atoms with van der Waals surface area (Å²) in [6.45, 7) is 0. The second-order valence-corrected chi connectivity index (χ2v) is 5.07. The maximum atomic E-state index is 11.9. The van der Waals surface area contributed by atoms with Crippen molar-refractivity contribution in [3.63, 3.8) is 0 Å². The molecule has 2 rings (SSSR count). The average Bonchev–Trinajstić information content (AvgIpc) is 2.72. The van der Waals surface area contributed by atoms with Crippen molar-refractivity contribution in [3.05, 3.63) is 34.3 Å². The van der Waals surface area contributed by atoms with Crippen LogP contribution in [0, 0.1) is 0 Å². The third-order valence-electron chi connectivity index (χ3n) is 2.09. The van der Waals surface area contributed by atoms with Crippen molar-refractivity contribution in [2.75, 3.05) is 5.75 Å². The van der Waals surface area contributed by atoms with Crippen LogP contribution in [-0.2, 0) is 7.05 Å². The molecule has 0 aliphatic heterocycles. The number of hydrogen-bond acceptors (Lipinski definition) is 5. The Morgan fingerprint density at radius 1 is 1.47 bits per heavy atom. The zero-order valence-corrected chi connectivity index (χ0v) is 11.4. The molecule has 0 amide bonds. The molecule has 2 aromatic rings. The van der Waals surface area contributed by atoms with Crippen molar-refractivity contribution in [1.29, 1.82) is 0 Å². The summed E-state index contributed by atoms with van der Waals surface area (Å²) in [7, 11) is 1.74. The SMILES string of the molecule is Cn1nnnc1SCC(=O)c1ccccc1Br. The summed E-state index contributed by atoms with van der Waals surface area (Å²) in [6.07, 6.45) is 0. The van der Waals surface area contributed by atoms with Crippen LogP contribution >= 0.6 is 27.7 Å². The van der Waals surface area contributed by atoms with Gasteiger partial charge in [0.15, 0.2) is 5.78 Å². The standard InChI is InChI=1S/C10H9BrN4OS/c1-15-10(12-13-14-15)17-6-9(16)7-4-2-3-5-8(7)11/h2-5H,6H2,1H3. The summed E-state index contributed by atoms with van der Waals surface area (Å²) in [4.78, 5) is 11.9. The van der Waals surface area contributed by atoms with Crippen molar-refractivity contribution in [2.45, 2.75) is 5.16 Å². The molecule has 0 saturated carbocycles. The maximum Gasteiger partial charge on any atom is 0.209 e. The Bertz CT molecular complexity index is 543. The van der Waals surface area contributed by atoms with E-state index in [9.17, 15) is 4.79 Å². The summed E-state index contributed by atoms with van der Waals surface area (Å²) in [6, 6.07) is 7.36. The second kappa shape index (κ2) is 5.42. The minimum Gasteiger partial charge on any atom is -0.293 e. The maximum absolute atomic E-state index is 11.9. The summed E-state index contributed by atoms with van der Waals surface area (Å²) in [5, 5.41) is 11.6. The predicted molar refractivity (Wildman–Crippen MR) is 68.0 cm³/mol. The first-order chi connectivity index (χ1) is 8.18. The Hall–Kier alpha value is -1.21. The molecule has 0 fully saturated rings. The van der Waals surface area contributed by atoms with Crippen LogP contribution in [0.15, 0.2) is 33.9 Å². The fourth-order valence-corrected chi connectivity index (χ4v) is 2.48. The first-order valence-corrected chi connectivity index (χ1v) is 6.59. The molecule has 7 heteroatoms. The van der Waals surface area contributed by atoms with Gasteiger partial charge in [-0.3, -0.25) is 4.79 Å². The highest BCUT2D eigenvalue weighted by molar-refractivity contribution is 9.10. The molecule has 1 heterocycles. The Balaban J connectivity index is 2.04. The topological polar surface area (TPSA) is 60.7 Å². The van der Waals surface area contributed by atoms with Gasteiger partial charge in [-0.25, -0.2) is 4.68 Å². The highest BCUT2D eigenvalue weighted by Gasteiger charge is 2.11. The molecule has 0 radical (unpaired) electrons. The quantitative estimate of drug-likeness (QED) is 0.638. The van der Waals surface area contributed by atoms with Crippen LogP contribution in [0.1, 0.15) is 10.4 Å². The summed E-state index contributed by atoms with van der Waals surface area (Å²) in [5.74, 6) is 0.363. The first kappa shape index (κ1) is 12.3. The van der Waals surface area contributed by atoms with E-state index in [-0.39, 0.29) is 5.78 Å². The molecule has 17 heavy (non-hydrogen) atoms. The number of benzene rings is 1. The average molecular weight is 313 g/mol. The molecule has 0 aliphatic carbocycles. The van der Waals surface area contributed by atoms with Gasteiger partial charge in [0.2, 0.25) is 5.16 Å². The lowest BCUT2D eigenvalue weighted by molar-refractivity contribution is 0.102. The Labute approximate surface area is 111 Å². The number of aromatic nitrogens is 4. The molecule has 88 valence electrons. The normalized spacial score (nSPS) is 10.5. The van der Waals surface area contributed by atoms with Gasteiger partial charge in [0.1, 0.15) is 0 Å².